The van der Waals surface area contributed by atoms with Crippen LogP contribution in [0, 0.1) is 30.0 Å². The summed E-state index contributed by atoms with van der Waals surface area (Å²) in [6.45, 7) is 0.389. The van der Waals surface area contributed by atoms with Gasteiger partial charge in [0.25, 0.3) is 0 Å². The quantitative estimate of drug-likeness (QED) is 0.574. The molecule has 0 amide bonds. The van der Waals surface area contributed by atoms with Crippen molar-refractivity contribution in [3.05, 3.63) is 48.2 Å². The summed E-state index contributed by atoms with van der Waals surface area (Å²) in [5.41, 5.74) is 0. The molecule has 68 valence electrons. The van der Waals surface area contributed by atoms with Crippen LogP contribution >= 0.6 is 0 Å². The zero-order chi connectivity index (χ0) is 7.66. The molecular formula is C7H9N2O2W-3. The molecule has 0 saturated carbocycles. The van der Waals surface area contributed by atoms with Gasteiger partial charge in [-0.1, -0.05) is 6.67 Å². The summed E-state index contributed by atoms with van der Waals surface area (Å²) in [7, 11) is 0. The van der Waals surface area contributed by atoms with E-state index in [-0.39, 0.29) is 28.5 Å². The average Bonchev–Trinajstić information content (AvgIpc) is 2.44. The molecule has 0 bridgehead atoms. The fourth-order valence-corrected chi connectivity index (χ4v) is 0.359. The Morgan fingerprint density at radius 3 is 2.00 bits per heavy atom. The molecule has 0 aromatic rings. The second-order valence-electron chi connectivity index (χ2n) is 1.33. The van der Waals surface area contributed by atoms with Gasteiger partial charge in [-0.2, -0.15) is 15.9 Å². The average molecular weight is 337 g/mol. The molecule has 1 aliphatic rings. The first-order valence-electron chi connectivity index (χ1n) is 2.60. The van der Waals surface area contributed by atoms with Crippen LogP contribution in [0.2, 0.25) is 0 Å². The minimum absolute atomic E-state index is 0. The largest absolute Gasteiger partial charge is 0.358 e. The summed E-state index contributed by atoms with van der Waals surface area (Å²) >= 11 is 0. The van der Waals surface area contributed by atoms with Gasteiger partial charge in [-0.15, -0.1) is 6.42 Å². The molecule has 0 heterocycles. The Kier molecular flexibility index (Phi) is 24.1. The summed E-state index contributed by atoms with van der Waals surface area (Å²) in [6, 6.07) is 0. The van der Waals surface area contributed by atoms with Crippen molar-refractivity contribution < 1.29 is 21.1 Å². The van der Waals surface area contributed by atoms with Crippen molar-refractivity contribution in [2.24, 2.45) is 10.4 Å². The molecule has 0 saturated heterocycles. The summed E-state index contributed by atoms with van der Waals surface area (Å²) < 4.78 is 0. The van der Waals surface area contributed by atoms with Crippen molar-refractivity contribution >= 4 is 0 Å². The van der Waals surface area contributed by atoms with Crippen LogP contribution in [0.1, 0.15) is 6.42 Å². The molecule has 1 aliphatic carbocycles. The minimum atomic E-state index is 0. The van der Waals surface area contributed by atoms with E-state index in [9.17, 15) is 0 Å². The maximum absolute atomic E-state index is 8.81. The van der Waals surface area contributed by atoms with Gasteiger partial charge in [-0.25, -0.2) is 22.5 Å². The monoisotopic (exact) mass is 337 g/mol. The summed E-state index contributed by atoms with van der Waals surface area (Å²) in [4.78, 5) is 17.6. The van der Waals surface area contributed by atoms with E-state index >= 15 is 0 Å². The van der Waals surface area contributed by atoms with Crippen molar-refractivity contribution in [2.75, 3.05) is 0 Å². The van der Waals surface area contributed by atoms with Crippen LogP contribution in [-0.2, 0) is 21.1 Å². The van der Waals surface area contributed by atoms with Crippen LogP contribution in [0.3, 0.4) is 0 Å². The van der Waals surface area contributed by atoms with Gasteiger partial charge in [0, 0.05) is 21.1 Å². The number of rotatable bonds is 2. The van der Waals surface area contributed by atoms with Crippen molar-refractivity contribution in [3.8, 4) is 0 Å². The zero-order valence-corrected chi connectivity index (χ0v) is 9.57. The topological polar surface area (TPSA) is 58.9 Å². The predicted octanol–water partition coefficient (Wildman–Crippen LogP) is 2.39. The van der Waals surface area contributed by atoms with E-state index < -0.39 is 0 Å². The number of nitrogens with zero attached hydrogens (tertiary/aromatic N) is 2. The molecular weight excluding hydrogens is 328 g/mol. The van der Waals surface area contributed by atoms with E-state index in [0.717, 1.165) is 6.42 Å². The Hall–Kier alpha value is -0.762. The third-order valence-corrected chi connectivity index (χ3v) is 0.680. The van der Waals surface area contributed by atoms with E-state index in [2.05, 4.69) is 12.2 Å². The van der Waals surface area contributed by atoms with E-state index in [1.54, 1.807) is 0 Å². The molecule has 0 aromatic heterocycles. The number of allylic oxidation sites excluding steroid dienone is 4. The summed E-state index contributed by atoms with van der Waals surface area (Å²) in [5, 5.41) is 4.00. The van der Waals surface area contributed by atoms with Gasteiger partial charge >= 0.3 is 0 Å². The van der Waals surface area contributed by atoms with E-state index in [1.807, 2.05) is 22.5 Å². The third-order valence-electron chi connectivity index (χ3n) is 0.680. The Morgan fingerprint density at radius 1 is 1.33 bits per heavy atom. The fraction of sp³-hybridized carbons (Fsp3) is 0.143. The van der Waals surface area contributed by atoms with Crippen molar-refractivity contribution in [2.45, 2.75) is 6.42 Å². The van der Waals surface area contributed by atoms with Crippen LogP contribution in [0.25, 0.3) is 0 Å². The van der Waals surface area contributed by atoms with E-state index in [0.29, 0.717) is 6.67 Å². The Balaban J connectivity index is -0.000000116. The number of hydrogen-bond acceptors (Lipinski definition) is 4. The molecule has 12 heavy (non-hydrogen) atoms. The van der Waals surface area contributed by atoms with Gasteiger partial charge in [-0.3, -0.25) is 6.08 Å². The SMILES string of the molecule is O=N[CH-]N=O.[C-]1=CC=CC1.[CH3-].[W]. The third kappa shape index (κ3) is 16.1. The molecule has 4 nitrogen and oxygen atoms in total. The molecule has 0 spiro atoms. The van der Waals surface area contributed by atoms with Gasteiger partial charge in [0.15, 0.2) is 0 Å². The van der Waals surface area contributed by atoms with Crippen LogP contribution in [0.5, 0.6) is 0 Å². The Bertz CT molecular complexity index is 141. The normalized spacial score (nSPS) is 9.67. The van der Waals surface area contributed by atoms with Crippen molar-refractivity contribution in [1.82, 2.24) is 0 Å². The maximum atomic E-state index is 8.81. The number of nitroso groups, excluding NO2 is 2. The Labute approximate surface area is 86.3 Å². The first-order chi connectivity index (χ1) is 4.91. The first kappa shape index (κ1) is 17.4. The summed E-state index contributed by atoms with van der Waals surface area (Å²) in [5.74, 6) is 0. The molecule has 0 aliphatic heterocycles. The fourth-order valence-electron chi connectivity index (χ4n) is 0.359. The zero-order valence-electron chi connectivity index (χ0n) is 6.64. The van der Waals surface area contributed by atoms with Gasteiger partial charge in [-0.05, 0) is 0 Å². The maximum Gasteiger partial charge on any atom is 0 e. The smallest absolute Gasteiger partial charge is 0 e. The Morgan fingerprint density at radius 2 is 1.92 bits per heavy atom. The molecule has 0 atom stereocenters. The molecule has 1 rings (SSSR count). The van der Waals surface area contributed by atoms with Crippen LogP contribution in [-0.4, -0.2) is 0 Å². The second kappa shape index (κ2) is 16.7. The predicted molar refractivity (Wildman–Crippen MR) is 43.9 cm³/mol. The molecule has 5 heteroatoms. The summed E-state index contributed by atoms with van der Waals surface area (Å²) in [6.07, 6.45) is 10.0. The van der Waals surface area contributed by atoms with Crippen LogP contribution in [0.4, 0.5) is 0 Å². The van der Waals surface area contributed by atoms with Gasteiger partial charge in [0.2, 0.25) is 0 Å². The van der Waals surface area contributed by atoms with Crippen molar-refractivity contribution in [1.29, 1.82) is 0 Å². The van der Waals surface area contributed by atoms with Gasteiger partial charge in [0.1, 0.15) is 0 Å². The molecule has 0 unspecified atom stereocenters. The van der Waals surface area contributed by atoms with Crippen LogP contribution < -0.4 is 0 Å². The molecule has 0 fully saturated rings. The number of hydrogen-bond donors (Lipinski definition) is 0. The van der Waals surface area contributed by atoms with Gasteiger partial charge < -0.3 is 7.43 Å². The van der Waals surface area contributed by atoms with E-state index in [4.69, 9.17) is 9.81 Å². The van der Waals surface area contributed by atoms with Gasteiger partial charge in [0.05, 0.1) is 0 Å². The van der Waals surface area contributed by atoms with Crippen LogP contribution in [0.15, 0.2) is 28.6 Å². The standard InChI is InChI=1S/C5H5.CHN2O2.CH3.W/c1-2-4-5-3-1;4-2-1-3-5;;/h1-3H,4H2;1H;1H3;/q3*-1;. The van der Waals surface area contributed by atoms with E-state index in [1.165, 1.54) is 0 Å². The molecule has 0 aromatic carbocycles. The first-order valence-corrected chi connectivity index (χ1v) is 2.60. The van der Waals surface area contributed by atoms with Crippen molar-refractivity contribution in [3.63, 3.8) is 0 Å². The minimum Gasteiger partial charge on any atom is -0.358 e. The molecule has 0 N–H and O–H groups in total. The second-order valence-corrected chi connectivity index (χ2v) is 1.33. The molecule has 0 radical (unpaired) electrons.